The number of nitrogens with one attached hydrogen (secondary N) is 1. The number of aromatic nitrogens is 1. The molecular formula is C15H18N2O4S. The van der Waals surface area contributed by atoms with Crippen LogP contribution in [0.15, 0.2) is 47.6 Å². The molecule has 1 aromatic carbocycles. The predicted molar refractivity (Wildman–Crippen MR) is 82.1 cm³/mol. The first-order chi connectivity index (χ1) is 10.4. The summed E-state index contributed by atoms with van der Waals surface area (Å²) >= 11 is 0. The van der Waals surface area contributed by atoms with Crippen molar-refractivity contribution in [1.82, 2.24) is 9.29 Å². The minimum absolute atomic E-state index is 0.0371. The fraction of sp³-hybridized carbons (Fsp3) is 0.267. The quantitative estimate of drug-likeness (QED) is 0.874. The number of benzene rings is 1. The van der Waals surface area contributed by atoms with Gasteiger partial charge in [0.1, 0.15) is 5.75 Å². The van der Waals surface area contributed by atoms with Crippen LogP contribution >= 0.6 is 0 Å². The first kappa shape index (κ1) is 16.1. The van der Waals surface area contributed by atoms with Gasteiger partial charge in [0.2, 0.25) is 5.91 Å². The molecule has 0 saturated carbocycles. The molecule has 0 unspecified atom stereocenters. The van der Waals surface area contributed by atoms with Gasteiger partial charge in [-0.2, -0.15) is 8.42 Å². The maximum absolute atomic E-state index is 12.1. The Morgan fingerprint density at radius 3 is 2.68 bits per heavy atom. The fourth-order valence-electron chi connectivity index (χ4n) is 2.06. The smallest absolute Gasteiger partial charge is 0.279 e. The van der Waals surface area contributed by atoms with Gasteiger partial charge in [0, 0.05) is 13.2 Å². The second-order valence-corrected chi connectivity index (χ2v) is 6.37. The average Bonchev–Trinajstić information content (AvgIpc) is 2.86. The first-order valence-corrected chi connectivity index (χ1v) is 8.29. The van der Waals surface area contributed by atoms with E-state index in [1.165, 1.54) is 10.6 Å². The molecule has 0 saturated heterocycles. The number of carbonyl (C=O) groups is 1. The summed E-state index contributed by atoms with van der Waals surface area (Å²) in [5, 5.41) is 0.0453. The molecule has 0 radical (unpaired) electrons. The summed E-state index contributed by atoms with van der Waals surface area (Å²) in [5.41, 5.74) is 0.686. The van der Waals surface area contributed by atoms with Crippen LogP contribution in [0, 0.1) is 0 Å². The topological polar surface area (TPSA) is 77.4 Å². The second kappa shape index (κ2) is 6.65. The number of carbonyl (C=O) groups excluding carboxylic acids is 1. The molecule has 0 atom stereocenters. The zero-order valence-corrected chi connectivity index (χ0v) is 13.3. The molecule has 118 valence electrons. The van der Waals surface area contributed by atoms with E-state index in [9.17, 15) is 13.2 Å². The number of nitrogens with zero attached hydrogens (tertiary/aromatic N) is 1. The molecule has 0 fully saturated rings. The van der Waals surface area contributed by atoms with Crippen molar-refractivity contribution in [3.8, 4) is 5.75 Å². The number of aryl methyl sites for hydroxylation is 1. The number of rotatable bonds is 6. The summed E-state index contributed by atoms with van der Waals surface area (Å²) in [6.45, 7) is 2.39. The van der Waals surface area contributed by atoms with Crippen molar-refractivity contribution in [2.45, 2.75) is 18.4 Å². The summed E-state index contributed by atoms with van der Waals surface area (Å²) in [5.74, 6) is 0.0629. The van der Waals surface area contributed by atoms with Crippen LogP contribution in [0.2, 0.25) is 0 Å². The van der Waals surface area contributed by atoms with Crippen LogP contribution in [0.25, 0.3) is 0 Å². The lowest BCUT2D eigenvalue weighted by Crippen LogP contribution is -2.32. The lowest BCUT2D eigenvalue weighted by atomic mass is 10.1. The maximum atomic E-state index is 12.1. The lowest BCUT2D eigenvalue weighted by molar-refractivity contribution is -0.118. The van der Waals surface area contributed by atoms with Gasteiger partial charge in [0.05, 0.1) is 13.0 Å². The largest absolute Gasteiger partial charge is 0.494 e. The summed E-state index contributed by atoms with van der Waals surface area (Å²) in [6.07, 6.45) is 1.56. The van der Waals surface area contributed by atoms with Crippen molar-refractivity contribution < 1.29 is 17.9 Å². The molecule has 0 aliphatic rings. The van der Waals surface area contributed by atoms with Gasteiger partial charge in [-0.05, 0) is 36.8 Å². The Morgan fingerprint density at radius 2 is 2.05 bits per heavy atom. The Balaban J connectivity index is 2.07. The fourth-order valence-corrected chi connectivity index (χ4v) is 3.23. The number of ether oxygens (including phenoxy) is 1. The van der Waals surface area contributed by atoms with Gasteiger partial charge in [-0.15, -0.1) is 0 Å². The lowest BCUT2D eigenvalue weighted by Gasteiger charge is -2.09. The van der Waals surface area contributed by atoms with E-state index < -0.39 is 15.9 Å². The van der Waals surface area contributed by atoms with Gasteiger partial charge in [-0.25, -0.2) is 4.72 Å². The van der Waals surface area contributed by atoms with Gasteiger partial charge in [-0.3, -0.25) is 4.79 Å². The Morgan fingerprint density at radius 1 is 1.27 bits per heavy atom. The Labute approximate surface area is 129 Å². The number of hydrogen-bond acceptors (Lipinski definition) is 4. The van der Waals surface area contributed by atoms with Crippen LogP contribution in [0.5, 0.6) is 5.75 Å². The summed E-state index contributed by atoms with van der Waals surface area (Å²) in [4.78, 5) is 12.0. The highest BCUT2D eigenvalue weighted by Gasteiger charge is 2.20. The monoisotopic (exact) mass is 322 g/mol. The molecule has 1 amide bonds. The Hall–Kier alpha value is -2.28. The minimum atomic E-state index is -3.86. The third-order valence-corrected chi connectivity index (χ3v) is 4.46. The van der Waals surface area contributed by atoms with Crippen LogP contribution in [0.4, 0.5) is 0 Å². The third-order valence-electron chi connectivity index (χ3n) is 2.99. The van der Waals surface area contributed by atoms with Gasteiger partial charge in [-0.1, -0.05) is 12.1 Å². The van der Waals surface area contributed by atoms with Crippen molar-refractivity contribution in [2.24, 2.45) is 7.05 Å². The van der Waals surface area contributed by atoms with E-state index in [4.69, 9.17) is 4.74 Å². The highest BCUT2D eigenvalue weighted by molar-refractivity contribution is 7.90. The number of sulfonamides is 1. The molecule has 6 nitrogen and oxygen atoms in total. The standard InChI is InChI=1S/C15H18N2O4S/c1-3-21-13-7-4-6-12(10-13)11-14(18)16-22(19,20)15-8-5-9-17(15)2/h4-10H,3,11H2,1-2H3,(H,16,18). The summed E-state index contributed by atoms with van der Waals surface area (Å²) in [6, 6.07) is 10.1. The highest BCUT2D eigenvalue weighted by Crippen LogP contribution is 2.14. The van der Waals surface area contributed by atoms with E-state index >= 15 is 0 Å². The van der Waals surface area contributed by atoms with Gasteiger partial charge >= 0.3 is 0 Å². The molecule has 2 rings (SSSR count). The minimum Gasteiger partial charge on any atom is -0.494 e. The van der Waals surface area contributed by atoms with Crippen molar-refractivity contribution in [1.29, 1.82) is 0 Å². The predicted octanol–water partition coefficient (Wildman–Crippen LogP) is 1.47. The van der Waals surface area contributed by atoms with E-state index in [2.05, 4.69) is 4.72 Å². The molecule has 1 N–H and O–H groups in total. The van der Waals surface area contributed by atoms with Gasteiger partial charge < -0.3 is 9.30 Å². The Kier molecular flexibility index (Phi) is 4.87. The first-order valence-electron chi connectivity index (χ1n) is 6.81. The second-order valence-electron chi connectivity index (χ2n) is 4.74. The number of amides is 1. The molecular weight excluding hydrogens is 304 g/mol. The van der Waals surface area contributed by atoms with Crippen molar-refractivity contribution in [2.75, 3.05) is 6.61 Å². The normalized spacial score (nSPS) is 11.2. The van der Waals surface area contributed by atoms with E-state index in [1.807, 2.05) is 6.92 Å². The third kappa shape index (κ3) is 3.88. The van der Waals surface area contributed by atoms with Crippen molar-refractivity contribution in [3.63, 3.8) is 0 Å². The van der Waals surface area contributed by atoms with E-state index in [1.54, 1.807) is 43.6 Å². The summed E-state index contributed by atoms with van der Waals surface area (Å²) in [7, 11) is -2.25. The number of hydrogen-bond donors (Lipinski definition) is 1. The molecule has 1 aromatic heterocycles. The van der Waals surface area contributed by atoms with Crippen LogP contribution < -0.4 is 9.46 Å². The molecule has 0 aliphatic carbocycles. The molecule has 0 spiro atoms. The molecule has 7 heteroatoms. The van der Waals surface area contributed by atoms with Crippen molar-refractivity contribution >= 4 is 15.9 Å². The van der Waals surface area contributed by atoms with E-state index in [0.29, 0.717) is 17.9 Å². The zero-order valence-electron chi connectivity index (χ0n) is 12.4. The average molecular weight is 322 g/mol. The Bertz CT molecular complexity index is 765. The summed E-state index contributed by atoms with van der Waals surface area (Å²) < 4.78 is 33.1. The van der Waals surface area contributed by atoms with Gasteiger partial charge in [0.15, 0.2) is 5.03 Å². The molecule has 2 aromatic rings. The van der Waals surface area contributed by atoms with Gasteiger partial charge in [0.25, 0.3) is 10.0 Å². The van der Waals surface area contributed by atoms with Crippen LogP contribution in [-0.2, 0) is 28.3 Å². The van der Waals surface area contributed by atoms with Crippen LogP contribution in [0.3, 0.4) is 0 Å². The highest BCUT2D eigenvalue weighted by atomic mass is 32.2. The van der Waals surface area contributed by atoms with Crippen LogP contribution in [-0.4, -0.2) is 25.5 Å². The molecule has 0 bridgehead atoms. The van der Waals surface area contributed by atoms with Crippen molar-refractivity contribution in [3.05, 3.63) is 48.2 Å². The van der Waals surface area contributed by atoms with E-state index in [-0.39, 0.29) is 11.4 Å². The van der Waals surface area contributed by atoms with E-state index in [0.717, 1.165) is 0 Å². The molecule has 22 heavy (non-hydrogen) atoms. The van der Waals surface area contributed by atoms with Crippen LogP contribution in [0.1, 0.15) is 12.5 Å². The molecule has 1 heterocycles. The zero-order chi connectivity index (χ0) is 16.2. The SMILES string of the molecule is CCOc1cccc(CC(=O)NS(=O)(=O)c2cccn2C)c1. The maximum Gasteiger partial charge on any atom is 0.279 e. The molecule has 0 aliphatic heterocycles.